The van der Waals surface area contributed by atoms with Gasteiger partial charge in [0.25, 0.3) is 5.91 Å². The third-order valence-corrected chi connectivity index (χ3v) is 3.82. The minimum atomic E-state index is -0.730. The molecule has 0 radical (unpaired) electrons. The molecular weight excluding hydrogens is 326 g/mol. The number of rotatable bonds is 4. The van der Waals surface area contributed by atoms with Gasteiger partial charge in [0.15, 0.2) is 0 Å². The molecule has 0 aliphatic rings. The fourth-order valence-electron chi connectivity index (χ4n) is 2.56. The van der Waals surface area contributed by atoms with Crippen LogP contribution in [0.2, 0.25) is 0 Å². The molecule has 1 heterocycles. The molecule has 25 heavy (non-hydrogen) atoms. The molecule has 0 saturated heterocycles. The van der Waals surface area contributed by atoms with Gasteiger partial charge in [-0.2, -0.15) is 5.10 Å². The van der Waals surface area contributed by atoms with Crippen molar-refractivity contribution in [1.82, 2.24) is 15.0 Å². The van der Waals surface area contributed by atoms with Gasteiger partial charge in [0.05, 0.1) is 16.7 Å². The first-order valence-electron chi connectivity index (χ1n) is 7.66. The van der Waals surface area contributed by atoms with Crippen molar-refractivity contribution in [1.29, 1.82) is 0 Å². The van der Waals surface area contributed by atoms with Crippen LogP contribution in [-0.2, 0) is 11.3 Å². The number of hydrogen-bond donors (Lipinski definition) is 1. The van der Waals surface area contributed by atoms with Gasteiger partial charge in [-0.05, 0) is 38.1 Å². The van der Waals surface area contributed by atoms with Crippen LogP contribution in [0, 0.1) is 18.6 Å². The third kappa shape index (κ3) is 3.55. The van der Waals surface area contributed by atoms with Crippen LogP contribution in [0.15, 0.2) is 47.6 Å². The molecule has 7 heteroatoms. The molecule has 0 spiro atoms. The largest absolute Gasteiger partial charge is 0.319 e. The summed E-state index contributed by atoms with van der Waals surface area (Å²) >= 11 is 0. The van der Waals surface area contributed by atoms with E-state index < -0.39 is 11.6 Å². The van der Waals surface area contributed by atoms with E-state index in [2.05, 4.69) is 15.5 Å². The van der Waals surface area contributed by atoms with Crippen molar-refractivity contribution < 1.29 is 13.6 Å². The molecule has 0 unspecified atom stereocenters. The molecule has 0 bridgehead atoms. The second-order valence-corrected chi connectivity index (χ2v) is 5.59. The number of hydrazone groups is 1. The molecule has 3 aromatic rings. The number of benzene rings is 2. The van der Waals surface area contributed by atoms with Gasteiger partial charge in [0, 0.05) is 11.6 Å². The number of aryl methyl sites for hydroxylation is 1. The molecule has 1 N–H and O–H groups in total. The number of halogens is 2. The van der Waals surface area contributed by atoms with Gasteiger partial charge in [0.2, 0.25) is 0 Å². The summed E-state index contributed by atoms with van der Waals surface area (Å²) in [5, 5.41) is 3.90. The predicted octanol–water partition coefficient (Wildman–Crippen LogP) is 3.16. The van der Waals surface area contributed by atoms with Gasteiger partial charge in [-0.25, -0.2) is 19.2 Å². The number of carbonyl (C=O) groups is 1. The number of hydrogen-bond acceptors (Lipinski definition) is 3. The van der Waals surface area contributed by atoms with Gasteiger partial charge in [-0.15, -0.1) is 0 Å². The number of nitrogens with zero attached hydrogens (tertiary/aromatic N) is 3. The number of nitrogens with one attached hydrogen (secondary N) is 1. The predicted molar refractivity (Wildman–Crippen MR) is 91.2 cm³/mol. The van der Waals surface area contributed by atoms with E-state index in [4.69, 9.17) is 0 Å². The van der Waals surface area contributed by atoms with Gasteiger partial charge in [-0.3, -0.25) is 4.79 Å². The Hall–Kier alpha value is -3.09. The molecule has 3 rings (SSSR count). The lowest BCUT2D eigenvalue weighted by Crippen LogP contribution is -2.25. The Morgan fingerprint density at radius 1 is 1.24 bits per heavy atom. The molecule has 0 aliphatic carbocycles. The summed E-state index contributed by atoms with van der Waals surface area (Å²) < 4.78 is 28.4. The molecule has 0 saturated carbocycles. The number of imidazole rings is 1. The van der Waals surface area contributed by atoms with Crippen LogP contribution in [0.3, 0.4) is 0 Å². The Morgan fingerprint density at radius 2 is 2.00 bits per heavy atom. The van der Waals surface area contributed by atoms with Crippen molar-refractivity contribution in [2.75, 3.05) is 0 Å². The van der Waals surface area contributed by atoms with Crippen molar-refractivity contribution in [2.24, 2.45) is 5.10 Å². The lowest BCUT2D eigenvalue weighted by atomic mass is 10.1. The van der Waals surface area contributed by atoms with E-state index in [-0.39, 0.29) is 23.7 Å². The Kier molecular flexibility index (Phi) is 4.56. The van der Waals surface area contributed by atoms with Gasteiger partial charge in [-0.1, -0.05) is 12.1 Å². The Balaban J connectivity index is 1.75. The summed E-state index contributed by atoms with van der Waals surface area (Å²) in [6, 6.07) is 10.7. The SMILES string of the molecule is C/C(=N/NC(=O)Cn1c(C)nc2ccccc21)c1ccc(F)cc1F. The van der Waals surface area contributed by atoms with Crippen LogP contribution < -0.4 is 5.43 Å². The smallest absolute Gasteiger partial charge is 0.260 e. The van der Waals surface area contributed by atoms with Gasteiger partial charge >= 0.3 is 0 Å². The average molecular weight is 342 g/mol. The summed E-state index contributed by atoms with van der Waals surface area (Å²) in [5.41, 5.74) is 4.43. The Bertz CT molecular complexity index is 978. The standard InChI is InChI=1S/C18H16F2N4O/c1-11(14-8-7-13(19)9-15(14)20)22-23-18(25)10-24-12(2)21-16-5-3-4-6-17(16)24/h3-9H,10H2,1-2H3,(H,23,25)/b22-11-. The summed E-state index contributed by atoms with van der Waals surface area (Å²) in [6.45, 7) is 3.39. The molecule has 0 atom stereocenters. The first-order valence-corrected chi connectivity index (χ1v) is 7.66. The van der Waals surface area contributed by atoms with E-state index in [1.165, 1.54) is 13.0 Å². The second-order valence-electron chi connectivity index (χ2n) is 5.59. The van der Waals surface area contributed by atoms with Crippen LogP contribution in [-0.4, -0.2) is 21.2 Å². The molecule has 1 aromatic heterocycles. The highest BCUT2D eigenvalue weighted by Crippen LogP contribution is 2.15. The average Bonchev–Trinajstić information content (AvgIpc) is 2.88. The Labute approximate surface area is 143 Å². The lowest BCUT2D eigenvalue weighted by Gasteiger charge is -2.07. The summed E-state index contributed by atoms with van der Waals surface area (Å²) in [5.74, 6) is -1.05. The van der Waals surface area contributed by atoms with E-state index in [1.54, 1.807) is 4.57 Å². The molecule has 5 nitrogen and oxygen atoms in total. The van der Waals surface area contributed by atoms with Crippen molar-refractivity contribution in [3.05, 3.63) is 65.5 Å². The van der Waals surface area contributed by atoms with E-state index in [0.717, 1.165) is 23.2 Å². The summed E-state index contributed by atoms with van der Waals surface area (Å²) in [4.78, 5) is 16.6. The quantitative estimate of drug-likeness (QED) is 0.585. The maximum absolute atomic E-state index is 13.7. The van der Waals surface area contributed by atoms with Crippen LogP contribution >= 0.6 is 0 Å². The van der Waals surface area contributed by atoms with E-state index in [0.29, 0.717) is 5.82 Å². The lowest BCUT2D eigenvalue weighted by molar-refractivity contribution is -0.121. The van der Waals surface area contributed by atoms with E-state index >= 15 is 0 Å². The van der Waals surface area contributed by atoms with Crippen molar-refractivity contribution >= 4 is 22.7 Å². The zero-order valence-corrected chi connectivity index (χ0v) is 13.8. The molecule has 2 aromatic carbocycles. The number of para-hydroxylation sites is 2. The molecular formula is C18H16F2N4O. The van der Waals surface area contributed by atoms with Crippen molar-refractivity contribution in [2.45, 2.75) is 20.4 Å². The molecule has 128 valence electrons. The summed E-state index contributed by atoms with van der Waals surface area (Å²) in [6.07, 6.45) is 0. The second kappa shape index (κ2) is 6.80. The van der Waals surface area contributed by atoms with Crippen LogP contribution in [0.1, 0.15) is 18.3 Å². The minimum absolute atomic E-state index is 0.0367. The maximum atomic E-state index is 13.7. The minimum Gasteiger partial charge on any atom is -0.319 e. The normalized spacial score (nSPS) is 11.8. The highest BCUT2D eigenvalue weighted by Gasteiger charge is 2.11. The fourth-order valence-corrected chi connectivity index (χ4v) is 2.56. The molecule has 1 amide bonds. The number of fused-ring (bicyclic) bond motifs is 1. The topological polar surface area (TPSA) is 59.3 Å². The van der Waals surface area contributed by atoms with E-state index in [1.807, 2.05) is 31.2 Å². The zero-order chi connectivity index (χ0) is 18.0. The number of aromatic nitrogens is 2. The third-order valence-electron chi connectivity index (χ3n) is 3.82. The fraction of sp³-hybridized carbons (Fsp3) is 0.167. The Morgan fingerprint density at radius 3 is 2.76 bits per heavy atom. The monoisotopic (exact) mass is 342 g/mol. The zero-order valence-electron chi connectivity index (χ0n) is 13.8. The van der Waals surface area contributed by atoms with Crippen LogP contribution in [0.4, 0.5) is 8.78 Å². The molecule has 0 fully saturated rings. The van der Waals surface area contributed by atoms with Gasteiger partial charge in [0.1, 0.15) is 24.0 Å². The van der Waals surface area contributed by atoms with E-state index in [9.17, 15) is 13.6 Å². The first-order chi connectivity index (χ1) is 12.0. The molecule has 0 aliphatic heterocycles. The first kappa shape index (κ1) is 16.8. The van der Waals surface area contributed by atoms with Crippen molar-refractivity contribution in [3.8, 4) is 0 Å². The number of carbonyl (C=O) groups excluding carboxylic acids is 1. The number of amides is 1. The van der Waals surface area contributed by atoms with Crippen molar-refractivity contribution in [3.63, 3.8) is 0 Å². The maximum Gasteiger partial charge on any atom is 0.260 e. The van der Waals surface area contributed by atoms with Crippen LogP contribution in [0.5, 0.6) is 0 Å². The summed E-state index contributed by atoms with van der Waals surface area (Å²) in [7, 11) is 0. The van der Waals surface area contributed by atoms with Crippen LogP contribution in [0.25, 0.3) is 11.0 Å². The highest BCUT2D eigenvalue weighted by atomic mass is 19.1. The van der Waals surface area contributed by atoms with Gasteiger partial charge < -0.3 is 4.57 Å². The highest BCUT2D eigenvalue weighted by molar-refractivity contribution is 5.99.